The van der Waals surface area contributed by atoms with E-state index >= 15 is 0 Å². The lowest BCUT2D eigenvalue weighted by atomic mass is 9.99. The van der Waals surface area contributed by atoms with E-state index in [-0.39, 0.29) is 30.3 Å². The van der Waals surface area contributed by atoms with Crippen molar-refractivity contribution in [1.29, 1.82) is 0 Å². The fourth-order valence-electron chi connectivity index (χ4n) is 1.83. The normalized spacial score (nSPS) is 13.3. The molecule has 3 nitrogen and oxygen atoms in total. The van der Waals surface area contributed by atoms with Crippen molar-refractivity contribution in [1.82, 2.24) is 4.90 Å². The molecule has 20 heavy (non-hydrogen) atoms. The summed E-state index contributed by atoms with van der Waals surface area (Å²) in [6, 6.07) is 5.38. The third kappa shape index (κ3) is 5.13. The molecule has 2 atom stereocenters. The number of carbonyl (C=O) groups is 1. The summed E-state index contributed by atoms with van der Waals surface area (Å²) in [5.74, 6) is -0.0679. The number of nitrogens with zero attached hydrogens (tertiary/aromatic N) is 1. The Balaban J connectivity index is 0.00000361. The molecule has 0 fully saturated rings. The van der Waals surface area contributed by atoms with Gasteiger partial charge in [0, 0.05) is 35.6 Å². The molecule has 1 rings (SSSR count). The average Bonchev–Trinajstić information content (AvgIpc) is 2.39. The minimum atomic E-state index is -0.141. The zero-order chi connectivity index (χ0) is 14.6. The number of hydrogen-bond donors (Lipinski definition) is 1. The molecular formula is C14H21Cl3N2O. The summed E-state index contributed by atoms with van der Waals surface area (Å²) >= 11 is 12.0. The molecule has 0 aromatic heterocycles. The van der Waals surface area contributed by atoms with Gasteiger partial charge in [0.25, 0.3) is 0 Å². The van der Waals surface area contributed by atoms with E-state index in [0.29, 0.717) is 23.0 Å². The van der Waals surface area contributed by atoms with Crippen LogP contribution < -0.4 is 5.73 Å². The van der Waals surface area contributed by atoms with Crippen molar-refractivity contribution in [2.75, 3.05) is 13.6 Å². The number of hydrogen-bond acceptors (Lipinski definition) is 2. The lowest BCUT2D eigenvalue weighted by Gasteiger charge is -2.27. The highest BCUT2D eigenvalue weighted by Crippen LogP contribution is 2.24. The fraction of sp³-hybridized carbons (Fsp3) is 0.500. The standard InChI is InChI=1S/C14H20Cl2N2O.ClH/c1-9(14(19)18(3)10(2)8-17)6-11-4-5-12(15)7-13(11)16;/h4-5,7,9-10H,6,8,17H2,1-3H3;1H. The highest BCUT2D eigenvalue weighted by molar-refractivity contribution is 6.35. The van der Waals surface area contributed by atoms with E-state index in [1.807, 2.05) is 19.9 Å². The first kappa shape index (κ1) is 19.5. The first-order valence-corrected chi connectivity index (χ1v) is 7.03. The molecule has 2 N–H and O–H groups in total. The Bertz CT molecular complexity index is 454. The van der Waals surface area contributed by atoms with Crippen molar-refractivity contribution in [3.05, 3.63) is 33.8 Å². The Morgan fingerprint density at radius 2 is 1.95 bits per heavy atom. The van der Waals surface area contributed by atoms with E-state index in [1.54, 1.807) is 24.1 Å². The predicted octanol–water partition coefficient (Wildman–Crippen LogP) is 3.40. The Labute approximate surface area is 136 Å². The van der Waals surface area contributed by atoms with Crippen LogP contribution in [0.4, 0.5) is 0 Å². The fourth-order valence-corrected chi connectivity index (χ4v) is 2.31. The summed E-state index contributed by atoms with van der Waals surface area (Å²) in [4.78, 5) is 13.9. The molecule has 0 aliphatic rings. The van der Waals surface area contributed by atoms with Gasteiger partial charge in [-0.15, -0.1) is 12.4 Å². The zero-order valence-corrected chi connectivity index (χ0v) is 14.2. The Kier molecular flexibility index (Phi) is 8.52. The van der Waals surface area contributed by atoms with Gasteiger partial charge in [-0.1, -0.05) is 36.2 Å². The van der Waals surface area contributed by atoms with Crippen LogP contribution in [0.5, 0.6) is 0 Å². The second kappa shape index (κ2) is 8.73. The van der Waals surface area contributed by atoms with Gasteiger partial charge in [0.1, 0.15) is 0 Å². The Hall–Kier alpha value is -0.480. The minimum Gasteiger partial charge on any atom is -0.342 e. The first-order valence-electron chi connectivity index (χ1n) is 6.27. The van der Waals surface area contributed by atoms with Crippen molar-refractivity contribution >= 4 is 41.5 Å². The number of likely N-dealkylation sites (N-methyl/N-ethyl adjacent to an activating group) is 1. The molecular weight excluding hydrogens is 319 g/mol. The Morgan fingerprint density at radius 3 is 2.45 bits per heavy atom. The minimum absolute atomic E-state index is 0. The van der Waals surface area contributed by atoms with Gasteiger partial charge >= 0.3 is 0 Å². The largest absolute Gasteiger partial charge is 0.342 e. The van der Waals surface area contributed by atoms with Crippen molar-refractivity contribution in [2.24, 2.45) is 11.7 Å². The quantitative estimate of drug-likeness (QED) is 0.893. The van der Waals surface area contributed by atoms with E-state index < -0.39 is 0 Å². The lowest BCUT2D eigenvalue weighted by Crippen LogP contribution is -2.42. The maximum Gasteiger partial charge on any atom is 0.225 e. The van der Waals surface area contributed by atoms with Crippen molar-refractivity contribution < 1.29 is 4.79 Å². The number of rotatable bonds is 5. The van der Waals surface area contributed by atoms with Gasteiger partial charge in [0.05, 0.1) is 0 Å². The molecule has 0 aliphatic carbocycles. The van der Waals surface area contributed by atoms with Gasteiger partial charge in [-0.25, -0.2) is 0 Å². The Morgan fingerprint density at radius 1 is 1.35 bits per heavy atom. The van der Waals surface area contributed by atoms with E-state index in [2.05, 4.69) is 0 Å². The number of carbonyl (C=O) groups excluding carboxylic acids is 1. The molecule has 1 aromatic carbocycles. The van der Waals surface area contributed by atoms with Crippen molar-refractivity contribution in [3.63, 3.8) is 0 Å². The van der Waals surface area contributed by atoms with E-state index in [9.17, 15) is 4.79 Å². The summed E-state index contributed by atoms with van der Waals surface area (Å²) < 4.78 is 0. The SMILES string of the molecule is CC(Cc1ccc(Cl)cc1Cl)C(=O)N(C)C(C)CN.Cl. The number of benzene rings is 1. The monoisotopic (exact) mass is 338 g/mol. The molecule has 0 heterocycles. The number of halogens is 3. The molecule has 0 spiro atoms. The lowest BCUT2D eigenvalue weighted by molar-refractivity contribution is -0.135. The van der Waals surface area contributed by atoms with Crippen LogP contribution in [0.2, 0.25) is 10.0 Å². The van der Waals surface area contributed by atoms with Gasteiger partial charge in [-0.3, -0.25) is 4.79 Å². The molecule has 1 aromatic rings. The third-order valence-electron chi connectivity index (χ3n) is 3.31. The van der Waals surface area contributed by atoms with E-state index in [0.717, 1.165) is 5.56 Å². The average molecular weight is 340 g/mol. The second-order valence-corrected chi connectivity index (χ2v) is 5.72. The van der Waals surface area contributed by atoms with Crippen LogP contribution in [0.15, 0.2) is 18.2 Å². The molecule has 114 valence electrons. The molecule has 6 heteroatoms. The van der Waals surface area contributed by atoms with Crippen molar-refractivity contribution in [2.45, 2.75) is 26.3 Å². The van der Waals surface area contributed by atoms with Crippen LogP contribution in [0.3, 0.4) is 0 Å². The maximum absolute atomic E-state index is 12.2. The molecule has 0 saturated carbocycles. The number of amides is 1. The highest BCUT2D eigenvalue weighted by Gasteiger charge is 2.21. The highest BCUT2D eigenvalue weighted by atomic mass is 35.5. The van der Waals surface area contributed by atoms with E-state index in [1.165, 1.54) is 0 Å². The van der Waals surface area contributed by atoms with Crippen molar-refractivity contribution in [3.8, 4) is 0 Å². The van der Waals surface area contributed by atoms with Crippen LogP contribution in [0.25, 0.3) is 0 Å². The van der Waals surface area contributed by atoms with Crippen LogP contribution in [0.1, 0.15) is 19.4 Å². The zero-order valence-electron chi connectivity index (χ0n) is 11.9. The van der Waals surface area contributed by atoms with Gasteiger partial charge in [-0.05, 0) is 31.0 Å². The number of nitrogens with two attached hydrogens (primary N) is 1. The molecule has 0 saturated heterocycles. The molecule has 1 amide bonds. The molecule has 0 bridgehead atoms. The maximum atomic E-state index is 12.2. The first-order chi connectivity index (χ1) is 8.86. The molecule has 2 unspecified atom stereocenters. The summed E-state index contributed by atoms with van der Waals surface area (Å²) in [5, 5.41) is 1.20. The van der Waals surface area contributed by atoms with Gasteiger partial charge < -0.3 is 10.6 Å². The van der Waals surface area contributed by atoms with Gasteiger partial charge in [-0.2, -0.15) is 0 Å². The summed E-state index contributed by atoms with van der Waals surface area (Å²) in [6.45, 7) is 4.28. The second-order valence-electron chi connectivity index (χ2n) is 4.87. The summed E-state index contributed by atoms with van der Waals surface area (Å²) in [6.07, 6.45) is 0.594. The van der Waals surface area contributed by atoms with Crippen LogP contribution >= 0.6 is 35.6 Å². The van der Waals surface area contributed by atoms with Gasteiger partial charge in [0.2, 0.25) is 5.91 Å². The third-order valence-corrected chi connectivity index (χ3v) is 3.90. The van der Waals surface area contributed by atoms with Crippen LogP contribution in [-0.4, -0.2) is 30.4 Å². The summed E-state index contributed by atoms with van der Waals surface area (Å²) in [5.41, 5.74) is 6.51. The van der Waals surface area contributed by atoms with Gasteiger partial charge in [0.15, 0.2) is 0 Å². The summed E-state index contributed by atoms with van der Waals surface area (Å²) in [7, 11) is 1.78. The van der Waals surface area contributed by atoms with Crippen LogP contribution in [-0.2, 0) is 11.2 Å². The predicted molar refractivity (Wildman–Crippen MR) is 87.9 cm³/mol. The van der Waals surface area contributed by atoms with E-state index in [4.69, 9.17) is 28.9 Å². The molecule has 0 radical (unpaired) electrons. The van der Waals surface area contributed by atoms with Crippen LogP contribution in [0, 0.1) is 5.92 Å². The molecule has 0 aliphatic heterocycles. The smallest absolute Gasteiger partial charge is 0.225 e. The topological polar surface area (TPSA) is 46.3 Å².